The molecule has 200 valence electrons. The molecule has 6 nitrogen and oxygen atoms in total. The van der Waals surface area contributed by atoms with Crippen molar-refractivity contribution in [1.29, 1.82) is 0 Å². The van der Waals surface area contributed by atoms with Crippen LogP contribution in [-0.4, -0.2) is 37.7 Å². The molecule has 0 aliphatic carbocycles. The lowest BCUT2D eigenvalue weighted by atomic mass is 9.97. The number of hydrogen-bond donors (Lipinski definition) is 1. The molecule has 2 rings (SSSR count). The quantitative estimate of drug-likeness (QED) is 0.213. The molecule has 0 unspecified atom stereocenters. The smallest absolute Gasteiger partial charge is 0.468 e. The molecule has 2 aromatic carbocycles. The molecular weight excluding hydrogens is 506 g/mol. The van der Waals surface area contributed by atoms with Crippen molar-refractivity contribution in [3.63, 3.8) is 0 Å². The van der Waals surface area contributed by atoms with Crippen molar-refractivity contribution in [3.05, 3.63) is 40.7 Å². The molecule has 0 bridgehead atoms. The Labute approximate surface area is 200 Å². The summed E-state index contributed by atoms with van der Waals surface area (Å²) in [5.74, 6) is -2.09. The first-order chi connectivity index (χ1) is 15.8. The molecule has 0 amide bonds. The fourth-order valence-corrected chi connectivity index (χ4v) is 3.02. The van der Waals surface area contributed by atoms with E-state index in [1.54, 1.807) is 27.7 Å². The predicted octanol–water partition coefficient (Wildman–Crippen LogP) is 5.97. The van der Waals surface area contributed by atoms with Gasteiger partial charge in [-0.05, 0) is 69.7 Å². The normalized spacial score (nSPS) is 11.8. The molecule has 0 heterocycles. The molecule has 2 aromatic rings. The maximum Gasteiger partial charge on any atom is 0.534 e. The minimum Gasteiger partial charge on any atom is -0.468 e. The van der Waals surface area contributed by atoms with E-state index in [2.05, 4.69) is 8.92 Å². The third-order valence-electron chi connectivity index (χ3n) is 3.84. The first kappa shape index (κ1) is 32.5. The van der Waals surface area contributed by atoms with Crippen LogP contribution in [0.15, 0.2) is 18.2 Å². The highest BCUT2D eigenvalue weighted by Gasteiger charge is 2.49. The number of aliphatic hydroxyl groups is 1. The van der Waals surface area contributed by atoms with Crippen molar-refractivity contribution in [1.82, 2.24) is 0 Å². The fraction of sp³-hybridized carbons (Fsp3) is 0.500. The van der Waals surface area contributed by atoms with Crippen molar-refractivity contribution in [2.75, 3.05) is 6.61 Å². The second-order valence-corrected chi connectivity index (χ2v) is 9.49. The van der Waals surface area contributed by atoms with Crippen LogP contribution in [0.1, 0.15) is 57.7 Å². The van der Waals surface area contributed by atoms with Gasteiger partial charge in [-0.15, -0.1) is 0 Å². The summed E-state index contributed by atoms with van der Waals surface area (Å²) >= 11 is 0. The summed E-state index contributed by atoms with van der Waals surface area (Å²) in [5, 5.41) is 8.13. The van der Waals surface area contributed by atoms with Crippen LogP contribution in [-0.2, 0) is 26.1 Å². The van der Waals surface area contributed by atoms with E-state index in [4.69, 9.17) is 5.11 Å². The maximum atomic E-state index is 13.8. The van der Waals surface area contributed by atoms with Crippen LogP contribution < -0.4 is 4.18 Å². The summed E-state index contributed by atoms with van der Waals surface area (Å²) in [4.78, 5) is 9.18. The molecule has 0 saturated carbocycles. The Morgan fingerprint density at radius 2 is 1.60 bits per heavy atom. The van der Waals surface area contributed by atoms with Gasteiger partial charge in [0.05, 0.1) is 17.8 Å². The van der Waals surface area contributed by atoms with Crippen molar-refractivity contribution in [3.8, 4) is 5.75 Å². The van der Waals surface area contributed by atoms with E-state index in [1.807, 2.05) is 0 Å². The maximum absolute atomic E-state index is 13.8. The van der Waals surface area contributed by atoms with Crippen LogP contribution >= 0.6 is 0 Å². The molecule has 0 aliphatic rings. The third kappa shape index (κ3) is 10.3. The van der Waals surface area contributed by atoms with Gasteiger partial charge in [-0.1, -0.05) is 13.0 Å². The minimum absolute atomic E-state index is 0.0567. The van der Waals surface area contributed by atoms with Gasteiger partial charge in [0.25, 0.3) is 12.9 Å². The van der Waals surface area contributed by atoms with Crippen LogP contribution in [0.5, 0.6) is 5.75 Å². The lowest BCUT2D eigenvalue weighted by molar-refractivity contribution is -0.128. The molecule has 13 heteroatoms. The highest BCUT2D eigenvalue weighted by molar-refractivity contribution is 7.88. The Hall–Kier alpha value is -2.54. The molecule has 0 spiro atoms. The highest BCUT2D eigenvalue weighted by atomic mass is 32.2. The van der Waals surface area contributed by atoms with Crippen molar-refractivity contribution in [2.24, 2.45) is 0 Å². The van der Waals surface area contributed by atoms with E-state index in [0.717, 1.165) is 6.07 Å². The van der Waals surface area contributed by atoms with Gasteiger partial charge >= 0.3 is 15.6 Å². The molecule has 35 heavy (non-hydrogen) atoms. The Bertz CT molecular complexity index is 1090. The largest absolute Gasteiger partial charge is 0.534 e. The third-order valence-corrected chi connectivity index (χ3v) is 4.79. The summed E-state index contributed by atoms with van der Waals surface area (Å²) < 4.78 is 108. The monoisotopic (exact) mass is 534 g/mol. The van der Waals surface area contributed by atoms with E-state index in [0.29, 0.717) is 24.7 Å². The number of alkyl halides is 5. The number of aryl methyl sites for hydroxylation is 1. The number of fused-ring (bicyclic) bond motifs is 1. The molecule has 1 N–H and O–H groups in total. The van der Waals surface area contributed by atoms with Gasteiger partial charge in [-0.2, -0.15) is 21.6 Å². The van der Waals surface area contributed by atoms with Crippen LogP contribution in [0, 0.1) is 12.7 Å². The molecule has 0 aromatic heterocycles. The number of rotatable bonds is 6. The highest BCUT2D eigenvalue weighted by Crippen LogP contribution is 2.39. The topological polar surface area (TPSA) is 89.9 Å². The number of carbonyl (C=O) groups excluding carboxylic acids is 1. The van der Waals surface area contributed by atoms with E-state index in [9.17, 15) is 39.6 Å². The Morgan fingerprint density at radius 1 is 1.09 bits per heavy atom. The average molecular weight is 535 g/mol. The first-order valence-corrected chi connectivity index (χ1v) is 11.5. The summed E-state index contributed by atoms with van der Waals surface area (Å²) in [6.45, 7) is 10.9. The van der Waals surface area contributed by atoms with Crippen LogP contribution in [0.4, 0.5) is 26.3 Å². The average Bonchev–Trinajstić information content (AvgIpc) is 2.67. The Kier molecular flexibility index (Phi) is 12.0. The SMILES string of the molecule is CC(C)(C)O.CCOC=O.CCc1c(C)cc2cc(C(F)F)c(F)cc2c1OS(=O)(=O)C(F)(F)F. The van der Waals surface area contributed by atoms with Gasteiger partial charge in [0.1, 0.15) is 5.82 Å². The van der Waals surface area contributed by atoms with Gasteiger partial charge in [0.15, 0.2) is 5.75 Å². The van der Waals surface area contributed by atoms with E-state index < -0.39 is 44.8 Å². The number of halogens is 6. The standard InChI is InChI=1S/C15H12F6O3S.C4H10O.C3H6O2/c1-3-9-7(2)4-8-5-11(14(17)18)12(16)6-10(8)13(9)24-25(22,23)15(19,20)21;1-4(2,3)5;1-2-5-3-4/h4-6,14H,3H2,1-2H3;5H,1-3H3;3H,2H2,1H3. The lowest BCUT2D eigenvalue weighted by Gasteiger charge is -2.17. The zero-order valence-electron chi connectivity index (χ0n) is 20.0. The number of benzene rings is 2. The van der Waals surface area contributed by atoms with Crippen LogP contribution in [0.2, 0.25) is 0 Å². The zero-order chi connectivity index (χ0) is 27.8. The van der Waals surface area contributed by atoms with Crippen LogP contribution in [0.25, 0.3) is 10.8 Å². The number of carbonyl (C=O) groups is 1. The molecule has 0 saturated heterocycles. The van der Waals surface area contributed by atoms with E-state index in [1.165, 1.54) is 19.9 Å². The van der Waals surface area contributed by atoms with Gasteiger partial charge < -0.3 is 14.0 Å². The molecule has 0 atom stereocenters. The zero-order valence-corrected chi connectivity index (χ0v) is 20.8. The predicted molar refractivity (Wildman–Crippen MR) is 118 cm³/mol. The molecular formula is C22H28F6O6S. The van der Waals surface area contributed by atoms with Crippen molar-refractivity contribution >= 4 is 27.4 Å². The summed E-state index contributed by atoms with van der Waals surface area (Å²) in [6, 6.07) is 2.66. The van der Waals surface area contributed by atoms with Gasteiger partial charge in [-0.3, -0.25) is 4.79 Å². The van der Waals surface area contributed by atoms with Crippen molar-refractivity contribution < 1.29 is 53.6 Å². The second-order valence-electron chi connectivity index (χ2n) is 7.96. The number of hydrogen-bond acceptors (Lipinski definition) is 6. The van der Waals surface area contributed by atoms with Crippen molar-refractivity contribution in [2.45, 2.75) is 65.5 Å². The molecule has 0 fully saturated rings. The second kappa shape index (κ2) is 13.0. The summed E-state index contributed by atoms with van der Waals surface area (Å²) in [5.41, 5.74) is -6.70. The van der Waals surface area contributed by atoms with Gasteiger partial charge in [0.2, 0.25) is 0 Å². The number of ether oxygens (including phenoxy) is 1. The molecule has 0 radical (unpaired) electrons. The Morgan fingerprint density at radius 3 is 1.94 bits per heavy atom. The Balaban J connectivity index is 0.000000975. The summed E-state index contributed by atoms with van der Waals surface area (Å²) in [6.07, 6.45) is -3.05. The van der Waals surface area contributed by atoms with E-state index >= 15 is 0 Å². The van der Waals surface area contributed by atoms with Gasteiger partial charge in [-0.25, -0.2) is 13.2 Å². The first-order valence-electron chi connectivity index (χ1n) is 10.1. The van der Waals surface area contributed by atoms with E-state index in [-0.39, 0.29) is 22.8 Å². The van der Waals surface area contributed by atoms with Crippen LogP contribution in [0.3, 0.4) is 0 Å². The lowest BCUT2D eigenvalue weighted by Crippen LogP contribution is -2.28. The summed E-state index contributed by atoms with van der Waals surface area (Å²) in [7, 11) is -6.00. The minimum atomic E-state index is -6.00. The van der Waals surface area contributed by atoms with Gasteiger partial charge in [0, 0.05) is 5.39 Å². The fourth-order valence-electron chi connectivity index (χ4n) is 2.51. The molecule has 0 aliphatic heterocycles.